The molecular weight excluding hydrogens is 464 g/mol. The molecule has 1 aliphatic carbocycles. The van der Waals surface area contributed by atoms with Crippen molar-refractivity contribution in [2.24, 2.45) is 0 Å². The molecule has 4 rings (SSSR count). The molecule has 0 fully saturated rings. The maximum absolute atomic E-state index is 12.5. The molecule has 3 aromatic rings. The van der Waals surface area contributed by atoms with Crippen LogP contribution < -0.4 is 10.6 Å². The van der Waals surface area contributed by atoms with E-state index in [4.69, 9.17) is 4.98 Å². The van der Waals surface area contributed by atoms with Crippen LogP contribution >= 0.6 is 11.3 Å². The zero-order valence-corrected chi connectivity index (χ0v) is 20.4. The monoisotopic (exact) mass is 494 g/mol. The Labute approximate surface area is 208 Å². The molecule has 35 heavy (non-hydrogen) atoms. The first-order valence-corrected chi connectivity index (χ1v) is 12.9. The molecule has 0 bridgehead atoms. The number of unbranched alkanes of at least 4 members (excludes halogenated alkanes) is 1. The number of carbonyl (C=O) groups is 3. The summed E-state index contributed by atoms with van der Waals surface area (Å²) in [6, 6.07) is 10.5. The van der Waals surface area contributed by atoms with Gasteiger partial charge in [-0.15, -0.1) is 11.3 Å². The van der Waals surface area contributed by atoms with E-state index in [1.54, 1.807) is 6.07 Å². The molecule has 3 N–H and O–H groups in total. The van der Waals surface area contributed by atoms with Gasteiger partial charge in [0.1, 0.15) is 6.04 Å². The van der Waals surface area contributed by atoms with Gasteiger partial charge in [-0.1, -0.05) is 18.2 Å². The van der Waals surface area contributed by atoms with E-state index >= 15 is 0 Å². The summed E-state index contributed by atoms with van der Waals surface area (Å²) in [7, 11) is 0. The topological polar surface area (TPSA) is 121 Å². The summed E-state index contributed by atoms with van der Waals surface area (Å²) in [6.07, 6.45) is 7.55. The van der Waals surface area contributed by atoms with E-state index in [-0.39, 0.29) is 23.9 Å². The third-order valence-electron chi connectivity index (χ3n) is 6.17. The summed E-state index contributed by atoms with van der Waals surface area (Å²) >= 11 is 1.21. The number of nitrogens with zero attached hydrogens (tertiary/aromatic N) is 2. The second-order valence-corrected chi connectivity index (χ2v) is 9.84. The largest absolute Gasteiger partial charge is 0.480 e. The van der Waals surface area contributed by atoms with Crippen LogP contribution in [0.1, 0.15) is 65.3 Å². The van der Waals surface area contributed by atoms with Gasteiger partial charge in [0.25, 0.3) is 5.91 Å². The van der Waals surface area contributed by atoms with Crippen molar-refractivity contribution in [3.8, 4) is 0 Å². The number of aromatic nitrogens is 2. The molecule has 0 spiro atoms. The maximum atomic E-state index is 12.5. The highest BCUT2D eigenvalue weighted by atomic mass is 32.1. The number of carbonyl (C=O) groups excluding carboxylic acids is 2. The van der Waals surface area contributed by atoms with Crippen LogP contribution in [0.3, 0.4) is 0 Å². The average Bonchev–Trinajstić information content (AvgIpc) is 3.30. The van der Waals surface area contributed by atoms with Crippen molar-refractivity contribution in [3.63, 3.8) is 0 Å². The van der Waals surface area contributed by atoms with E-state index in [1.165, 1.54) is 35.4 Å². The normalized spacial score (nSPS) is 13.7. The van der Waals surface area contributed by atoms with Gasteiger partial charge in [0.05, 0.1) is 10.2 Å². The van der Waals surface area contributed by atoms with Gasteiger partial charge in [-0.2, -0.15) is 0 Å². The number of aryl methyl sites for hydroxylation is 3. The molecule has 184 valence electrons. The average molecular weight is 495 g/mol. The van der Waals surface area contributed by atoms with E-state index in [2.05, 4.69) is 27.8 Å². The maximum Gasteiger partial charge on any atom is 0.326 e. The molecule has 0 unspecified atom stereocenters. The number of hydrogen-bond donors (Lipinski definition) is 3. The molecule has 0 saturated heterocycles. The van der Waals surface area contributed by atoms with Crippen LogP contribution in [0, 0.1) is 0 Å². The number of amides is 2. The van der Waals surface area contributed by atoms with Crippen molar-refractivity contribution < 1.29 is 19.5 Å². The van der Waals surface area contributed by atoms with Gasteiger partial charge in [0.2, 0.25) is 5.91 Å². The Morgan fingerprint density at radius 3 is 2.69 bits per heavy atom. The van der Waals surface area contributed by atoms with Crippen LogP contribution in [0.15, 0.2) is 36.4 Å². The van der Waals surface area contributed by atoms with Gasteiger partial charge in [-0.05, 0) is 75.1 Å². The first-order chi connectivity index (χ1) is 17.0. The highest BCUT2D eigenvalue weighted by molar-refractivity contribution is 7.20. The van der Waals surface area contributed by atoms with Crippen LogP contribution in [0.4, 0.5) is 0 Å². The molecular formula is C26H30N4O4S. The van der Waals surface area contributed by atoms with Crippen LogP contribution in [-0.4, -0.2) is 45.4 Å². The number of nitrogens with one attached hydrogen (secondary N) is 2. The summed E-state index contributed by atoms with van der Waals surface area (Å²) in [5, 5.41) is 15.0. The number of benzene rings is 1. The molecule has 1 aromatic carbocycles. The molecule has 0 saturated carbocycles. The third-order valence-corrected chi connectivity index (χ3v) is 7.20. The van der Waals surface area contributed by atoms with Crippen molar-refractivity contribution >= 4 is 39.3 Å². The fraction of sp³-hybridized carbons (Fsp3) is 0.423. The predicted molar refractivity (Wildman–Crippen MR) is 135 cm³/mol. The molecule has 2 heterocycles. The first kappa shape index (κ1) is 24.8. The van der Waals surface area contributed by atoms with Crippen molar-refractivity contribution in [1.82, 2.24) is 20.6 Å². The van der Waals surface area contributed by atoms with Crippen LogP contribution in [0.2, 0.25) is 0 Å². The van der Waals surface area contributed by atoms with Crippen LogP contribution in [-0.2, 0) is 28.9 Å². The Hall–Kier alpha value is -3.33. The second kappa shape index (κ2) is 11.9. The SMILES string of the molecule is O=C(CCCCc1ccc2c(n1)CCCC2)NCC[C@@H](NC(=O)c1nc2ccccc2s1)C(=O)O. The lowest BCUT2D eigenvalue weighted by Gasteiger charge is -2.15. The lowest BCUT2D eigenvalue weighted by molar-refractivity contribution is -0.139. The fourth-order valence-corrected chi connectivity index (χ4v) is 5.12. The third kappa shape index (κ3) is 6.85. The Kier molecular flexibility index (Phi) is 8.41. The second-order valence-electron chi connectivity index (χ2n) is 8.81. The molecule has 2 aromatic heterocycles. The number of carboxylic acid groups (broad SMARTS) is 1. The molecule has 2 amide bonds. The van der Waals surface area contributed by atoms with Gasteiger partial charge < -0.3 is 15.7 Å². The van der Waals surface area contributed by atoms with Crippen molar-refractivity contribution in [2.45, 2.75) is 63.8 Å². The minimum Gasteiger partial charge on any atom is -0.480 e. The number of hydrogen-bond acceptors (Lipinski definition) is 6. The van der Waals surface area contributed by atoms with E-state index in [9.17, 15) is 19.5 Å². The molecule has 9 heteroatoms. The lowest BCUT2D eigenvalue weighted by Crippen LogP contribution is -2.43. The van der Waals surface area contributed by atoms with Gasteiger partial charge in [-0.3, -0.25) is 14.6 Å². The fourth-order valence-electron chi connectivity index (χ4n) is 4.25. The predicted octanol–water partition coefficient (Wildman–Crippen LogP) is 3.67. The van der Waals surface area contributed by atoms with Crippen molar-refractivity contribution in [3.05, 3.63) is 58.4 Å². The smallest absolute Gasteiger partial charge is 0.326 e. The van der Waals surface area contributed by atoms with Gasteiger partial charge >= 0.3 is 5.97 Å². The molecule has 1 atom stereocenters. The van der Waals surface area contributed by atoms with E-state index in [0.29, 0.717) is 11.9 Å². The molecule has 8 nitrogen and oxygen atoms in total. The quantitative estimate of drug-likeness (QED) is 0.350. The summed E-state index contributed by atoms with van der Waals surface area (Å²) < 4.78 is 0.860. The standard InChI is InChI=1S/C26H30N4O4S/c31-23(12-6-2-8-18-14-13-17-7-1-3-9-19(17)28-18)27-16-15-21(26(33)34)29-24(32)25-30-20-10-4-5-11-22(20)35-25/h4-5,10-11,13-14,21H,1-3,6-9,12,15-16H2,(H,27,31)(H,29,32)(H,33,34)/t21-/m1/s1. The summed E-state index contributed by atoms with van der Waals surface area (Å²) in [4.78, 5) is 45.3. The minimum atomic E-state index is -1.15. The Balaban J connectivity index is 1.16. The summed E-state index contributed by atoms with van der Waals surface area (Å²) in [5.74, 6) is -1.79. The number of carboxylic acids is 1. The number of fused-ring (bicyclic) bond motifs is 2. The van der Waals surface area contributed by atoms with Crippen molar-refractivity contribution in [2.75, 3.05) is 6.54 Å². The van der Waals surface area contributed by atoms with Crippen molar-refractivity contribution in [1.29, 1.82) is 0 Å². The molecule has 0 radical (unpaired) electrons. The Bertz CT molecular complexity index is 1180. The zero-order chi connectivity index (χ0) is 24.6. The first-order valence-electron chi connectivity index (χ1n) is 12.1. The summed E-state index contributed by atoms with van der Waals surface area (Å²) in [5.41, 5.74) is 4.38. The van der Waals surface area contributed by atoms with Crippen LogP contribution in [0.5, 0.6) is 0 Å². The highest BCUT2D eigenvalue weighted by Gasteiger charge is 2.22. The number of pyridine rings is 1. The van der Waals surface area contributed by atoms with Crippen LogP contribution in [0.25, 0.3) is 10.2 Å². The Morgan fingerprint density at radius 1 is 1.03 bits per heavy atom. The van der Waals surface area contributed by atoms with E-state index in [1.807, 2.05) is 18.2 Å². The zero-order valence-electron chi connectivity index (χ0n) is 19.6. The highest BCUT2D eigenvalue weighted by Crippen LogP contribution is 2.22. The van der Waals surface area contributed by atoms with Gasteiger partial charge in [0.15, 0.2) is 5.01 Å². The number of para-hydroxylation sites is 1. The molecule has 0 aliphatic heterocycles. The minimum absolute atomic E-state index is 0.0940. The summed E-state index contributed by atoms with van der Waals surface area (Å²) in [6.45, 7) is 0.169. The number of rotatable bonds is 11. The molecule has 1 aliphatic rings. The van der Waals surface area contributed by atoms with Gasteiger partial charge in [-0.25, -0.2) is 9.78 Å². The Morgan fingerprint density at radius 2 is 1.86 bits per heavy atom. The number of thiazole rings is 1. The van der Waals surface area contributed by atoms with Gasteiger partial charge in [0, 0.05) is 24.4 Å². The van der Waals surface area contributed by atoms with E-state index < -0.39 is 17.9 Å². The van der Waals surface area contributed by atoms with E-state index in [0.717, 1.165) is 42.5 Å². The number of aliphatic carboxylic acids is 1. The lowest BCUT2D eigenvalue weighted by atomic mass is 9.95.